The molecule has 0 unspecified atom stereocenters. The minimum atomic E-state index is -0.262. The van der Waals surface area contributed by atoms with Gasteiger partial charge in [0.1, 0.15) is 5.75 Å². The topological polar surface area (TPSA) is 66.8 Å². The molecule has 0 aliphatic carbocycles. The molecule has 0 saturated carbocycles. The first kappa shape index (κ1) is 16.5. The summed E-state index contributed by atoms with van der Waals surface area (Å²) in [6.07, 6.45) is 5.62. The van der Waals surface area contributed by atoms with Gasteiger partial charge in [-0.2, -0.15) is 0 Å². The Morgan fingerprint density at radius 3 is 2.60 bits per heavy atom. The number of unbranched alkanes of at least 4 members (excludes halogenated alkanes) is 3. The number of ether oxygens (including phenoxy) is 1. The lowest BCUT2D eigenvalue weighted by Crippen LogP contribution is -2.04. The summed E-state index contributed by atoms with van der Waals surface area (Å²) in [4.78, 5) is 11.2. The number of rotatable bonds is 9. The summed E-state index contributed by atoms with van der Waals surface area (Å²) in [6.45, 7) is 0.247. The molecule has 0 saturated heterocycles. The first-order valence-corrected chi connectivity index (χ1v) is 7.16. The van der Waals surface area contributed by atoms with Crippen molar-refractivity contribution in [2.75, 3.05) is 13.7 Å². The van der Waals surface area contributed by atoms with Crippen molar-refractivity contribution in [2.24, 2.45) is 0 Å². The fourth-order valence-electron chi connectivity index (χ4n) is 2.25. The van der Waals surface area contributed by atoms with E-state index in [-0.39, 0.29) is 24.7 Å². The highest BCUT2D eigenvalue weighted by Gasteiger charge is 2.10. The Morgan fingerprint density at radius 1 is 1.15 bits per heavy atom. The van der Waals surface area contributed by atoms with Gasteiger partial charge < -0.3 is 14.9 Å². The second kappa shape index (κ2) is 9.37. The highest BCUT2D eigenvalue weighted by Crippen LogP contribution is 2.24. The molecule has 0 spiro atoms. The van der Waals surface area contributed by atoms with Crippen molar-refractivity contribution in [3.05, 3.63) is 29.3 Å². The quantitative estimate of drug-likeness (QED) is 0.539. The predicted molar refractivity (Wildman–Crippen MR) is 77.7 cm³/mol. The number of hydrogen-bond donors (Lipinski definition) is 2. The summed E-state index contributed by atoms with van der Waals surface area (Å²) in [5, 5.41) is 18.7. The van der Waals surface area contributed by atoms with E-state index >= 15 is 0 Å². The minimum absolute atomic E-state index is 0.247. The minimum Gasteiger partial charge on any atom is -0.508 e. The fraction of sp³-hybridized carbons (Fsp3) is 0.562. The maximum atomic E-state index is 11.2. The highest BCUT2D eigenvalue weighted by molar-refractivity contribution is 5.69. The Labute approximate surface area is 120 Å². The molecule has 20 heavy (non-hydrogen) atoms. The summed E-state index contributed by atoms with van der Waals surface area (Å²) < 4.78 is 4.63. The summed E-state index contributed by atoms with van der Waals surface area (Å²) in [7, 11) is 1.37. The third-order valence-corrected chi connectivity index (χ3v) is 3.41. The van der Waals surface area contributed by atoms with Gasteiger partial charge in [-0.25, -0.2) is 0 Å². The van der Waals surface area contributed by atoms with Gasteiger partial charge >= 0.3 is 5.97 Å². The molecule has 0 aliphatic heterocycles. The number of carbonyl (C=O) groups excluding carboxylic acids is 1. The van der Waals surface area contributed by atoms with Gasteiger partial charge in [-0.1, -0.05) is 25.0 Å². The molecule has 0 fully saturated rings. The molecule has 0 aromatic heterocycles. The van der Waals surface area contributed by atoms with Crippen LogP contribution in [0.25, 0.3) is 0 Å². The van der Waals surface area contributed by atoms with Crippen molar-refractivity contribution in [1.29, 1.82) is 0 Å². The average molecular weight is 280 g/mol. The second-order valence-electron chi connectivity index (χ2n) is 4.88. The maximum absolute atomic E-state index is 11.2. The third kappa shape index (κ3) is 5.61. The number of aliphatic hydroxyl groups is 1. The predicted octanol–water partition coefficient (Wildman–Crippen LogP) is 2.59. The van der Waals surface area contributed by atoms with Crippen molar-refractivity contribution in [3.63, 3.8) is 0 Å². The van der Waals surface area contributed by atoms with Crippen LogP contribution in [0, 0.1) is 0 Å². The first-order chi connectivity index (χ1) is 9.69. The van der Waals surface area contributed by atoms with Crippen LogP contribution in [-0.2, 0) is 22.4 Å². The Morgan fingerprint density at radius 2 is 1.90 bits per heavy atom. The highest BCUT2D eigenvalue weighted by atomic mass is 16.5. The van der Waals surface area contributed by atoms with Gasteiger partial charge in [-0.3, -0.25) is 4.79 Å². The molecule has 1 aromatic carbocycles. The van der Waals surface area contributed by atoms with Crippen molar-refractivity contribution in [2.45, 2.75) is 44.9 Å². The van der Waals surface area contributed by atoms with E-state index in [1.165, 1.54) is 7.11 Å². The van der Waals surface area contributed by atoms with Gasteiger partial charge in [0.25, 0.3) is 0 Å². The van der Waals surface area contributed by atoms with Gasteiger partial charge in [0.15, 0.2) is 0 Å². The number of phenolic OH excluding ortho intramolecular Hbond substituents is 1. The van der Waals surface area contributed by atoms with Crippen LogP contribution in [0.4, 0.5) is 0 Å². The molecule has 2 N–H and O–H groups in total. The number of hydrogen-bond acceptors (Lipinski definition) is 4. The molecule has 0 heterocycles. The lowest BCUT2D eigenvalue weighted by molar-refractivity contribution is -0.140. The number of methoxy groups -OCH3 is 1. The lowest BCUT2D eigenvalue weighted by Gasteiger charge is -2.11. The van der Waals surface area contributed by atoms with E-state index < -0.39 is 0 Å². The number of aliphatic hydroxyl groups excluding tert-OH is 1. The number of aromatic hydroxyl groups is 1. The van der Waals surface area contributed by atoms with E-state index in [2.05, 4.69) is 4.74 Å². The van der Waals surface area contributed by atoms with Crippen LogP contribution in [0.3, 0.4) is 0 Å². The summed E-state index contributed by atoms with van der Waals surface area (Å²) in [5.74, 6) is -0.0103. The number of phenols is 1. The van der Waals surface area contributed by atoms with Crippen molar-refractivity contribution in [1.82, 2.24) is 0 Å². The number of benzene rings is 1. The first-order valence-electron chi connectivity index (χ1n) is 7.16. The van der Waals surface area contributed by atoms with Crippen molar-refractivity contribution < 1.29 is 19.7 Å². The van der Waals surface area contributed by atoms with E-state index in [4.69, 9.17) is 5.11 Å². The number of esters is 1. The van der Waals surface area contributed by atoms with Gasteiger partial charge in [0, 0.05) is 13.0 Å². The molecule has 4 nitrogen and oxygen atoms in total. The molecule has 0 atom stereocenters. The number of aryl methyl sites for hydroxylation is 1. The van der Waals surface area contributed by atoms with E-state index in [0.29, 0.717) is 6.42 Å². The Bertz CT molecular complexity index is 415. The van der Waals surface area contributed by atoms with Crippen LogP contribution < -0.4 is 0 Å². The van der Waals surface area contributed by atoms with Crippen LogP contribution in [0.2, 0.25) is 0 Å². The Balaban J connectivity index is 2.56. The molecule has 1 aromatic rings. The van der Waals surface area contributed by atoms with Crippen LogP contribution in [0.5, 0.6) is 5.75 Å². The van der Waals surface area contributed by atoms with E-state index in [1.807, 2.05) is 12.1 Å². The zero-order valence-corrected chi connectivity index (χ0v) is 12.1. The van der Waals surface area contributed by atoms with E-state index in [9.17, 15) is 9.90 Å². The summed E-state index contributed by atoms with van der Waals surface area (Å²) >= 11 is 0. The third-order valence-electron chi connectivity index (χ3n) is 3.41. The average Bonchev–Trinajstić information content (AvgIpc) is 2.45. The van der Waals surface area contributed by atoms with Gasteiger partial charge in [-0.15, -0.1) is 0 Å². The maximum Gasteiger partial charge on any atom is 0.305 e. The monoisotopic (exact) mass is 280 g/mol. The molecular weight excluding hydrogens is 256 g/mol. The molecule has 0 radical (unpaired) electrons. The molecule has 1 rings (SSSR count). The molecule has 0 aliphatic rings. The van der Waals surface area contributed by atoms with Gasteiger partial charge in [-0.05, 0) is 42.9 Å². The Kier molecular flexibility index (Phi) is 7.73. The molecule has 4 heteroatoms. The van der Waals surface area contributed by atoms with Crippen molar-refractivity contribution in [3.8, 4) is 5.75 Å². The summed E-state index contributed by atoms with van der Waals surface area (Å²) in [6, 6.07) is 5.49. The zero-order valence-electron chi connectivity index (χ0n) is 12.1. The van der Waals surface area contributed by atoms with Gasteiger partial charge in [0.2, 0.25) is 0 Å². The Hall–Kier alpha value is -1.55. The lowest BCUT2D eigenvalue weighted by atomic mass is 9.97. The SMILES string of the molecule is COC(=O)CCc1c(O)cccc1CCCCCCO. The molecular formula is C16H24O4. The van der Waals surface area contributed by atoms with Crippen LogP contribution >= 0.6 is 0 Å². The molecule has 0 bridgehead atoms. The van der Waals surface area contributed by atoms with E-state index in [0.717, 1.165) is 43.2 Å². The molecule has 112 valence electrons. The smallest absolute Gasteiger partial charge is 0.305 e. The van der Waals surface area contributed by atoms with E-state index in [1.54, 1.807) is 6.07 Å². The number of carbonyl (C=O) groups is 1. The van der Waals surface area contributed by atoms with Crippen LogP contribution in [-0.4, -0.2) is 29.9 Å². The summed E-state index contributed by atoms with van der Waals surface area (Å²) in [5.41, 5.74) is 1.94. The normalized spacial score (nSPS) is 10.5. The van der Waals surface area contributed by atoms with Crippen molar-refractivity contribution >= 4 is 5.97 Å². The zero-order chi connectivity index (χ0) is 14.8. The standard InChI is InChI=1S/C16H24O4/c1-20-16(19)11-10-14-13(8-6-9-15(14)18)7-4-2-3-5-12-17/h6,8-9,17-18H,2-5,7,10-12H2,1H3. The van der Waals surface area contributed by atoms with Crippen LogP contribution in [0.15, 0.2) is 18.2 Å². The largest absolute Gasteiger partial charge is 0.508 e. The second-order valence-corrected chi connectivity index (χ2v) is 4.88. The molecule has 0 amide bonds. The fourth-order valence-corrected chi connectivity index (χ4v) is 2.25. The van der Waals surface area contributed by atoms with Crippen LogP contribution in [0.1, 0.15) is 43.2 Å². The van der Waals surface area contributed by atoms with Gasteiger partial charge in [0.05, 0.1) is 7.11 Å².